The number of benzene rings is 1. The van der Waals surface area contributed by atoms with Gasteiger partial charge >= 0.3 is 18.3 Å². The number of halogens is 4. The average molecular weight is 279 g/mol. The fourth-order valence-electron chi connectivity index (χ4n) is 1.14. The monoisotopic (exact) mass is 279 g/mol. The molecule has 0 spiro atoms. The van der Waals surface area contributed by atoms with E-state index < -0.39 is 30.8 Å². The van der Waals surface area contributed by atoms with E-state index in [1.807, 2.05) is 0 Å². The first kappa shape index (κ1) is 14.9. The van der Waals surface area contributed by atoms with Crippen molar-refractivity contribution in [3.63, 3.8) is 0 Å². The van der Waals surface area contributed by atoms with Crippen LogP contribution in [0.25, 0.3) is 0 Å². The van der Waals surface area contributed by atoms with Crippen LogP contribution in [0, 0.1) is 0 Å². The van der Waals surface area contributed by atoms with Crippen LogP contribution >= 0.6 is 0 Å². The highest BCUT2D eigenvalue weighted by molar-refractivity contribution is 5.95. The fourth-order valence-corrected chi connectivity index (χ4v) is 1.14. The van der Waals surface area contributed by atoms with E-state index >= 15 is 0 Å². The Kier molecular flexibility index (Phi) is 4.47. The van der Waals surface area contributed by atoms with Gasteiger partial charge in [-0.15, -0.1) is 0 Å². The third-order valence-corrected chi connectivity index (χ3v) is 2.20. The smallest absolute Gasteiger partial charge is 0.335 e. The Labute approximate surface area is 105 Å². The quantitative estimate of drug-likeness (QED) is 0.810. The highest BCUT2D eigenvalue weighted by atomic mass is 19.3. The molecule has 1 aromatic carbocycles. The maximum Gasteiger partial charge on any atom is 0.335 e. The SMILES string of the molecule is O=C(O)c1ccc(C(=O)NCC(F)(F)C(F)F)cc1. The van der Waals surface area contributed by atoms with E-state index in [0.717, 1.165) is 24.3 Å². The number of carboxylic acids is 1. The minimum absolute atomic E-state index is 0.0885. The van der Waals surface area contributed by atoms with E-state index in [0.29, 0.717) is 0 Å². The lowest BCUT2D eigenvalue weighted by Crippen LogP contribution is -2.41. The highest BCUT2D eigenvalue weighted by Crippen LogP contribution is 2.21. The summed E-state index contributed by atoms with van der Waals surface area (Å²) in [4.78, 5) is 21.9. The minimum atomic E-state index is -4.31. The van der Waals surface area contributed by atoms with Crippen molar-refractivity contribution in [3.8, 4) is 0 Å². The number of amides is 1. The Hall–Kier alpha value is -2.12. The van der Waals surface area contributed by atoms with Gasteiger partial charge in [0, 0.05) is 5.56 Å². The zero-order valence-corrected chi connectivity index (χ0v) is 9.37. The third kappa shape index (κ3) is 3.94. The lowest BCUT2D eigenvalue weighted by molar-refractivity contribution is -0.123. The normalized spacial score (nSPS) is 11.4. The molecule has 2 N–H and O–H groups in total. The number of nitrogens with one attached hydrogen (secondary N) is 1. The largest absolute Gasteiger partial charge is 0.478 e. The number of alkyl halides is 4. The summed E-state index contributed by atoms with van der Waals surface area (Å²) in [6.45, 7) is -1.50. The molecule has 0 atom stereocenters. The van der Waals surface area contributed by atoms with Gasteiger partial charge < -0.3 is 10.4 Å². The number of hydrogen-bond acceptors (Lipinski definition) is 2. The molecule has 0 saturated carbocycles. The zero-order valence-electron chi connectivity index (χ0n) is 9.37. The van der Waals surface area contributed by atoms with Crippen LogP contribution < -0.4 is 5.32 Å². The second-order valence-corrected chi connectivity index (χ2v) is 3.63. The maximum atomic E-state index is 12.5. The molecule has 104 valence electrons. The molecule has 0 unspecified atom stereocenters. The molecule has 1 aromatic rings. The number of hydrogen-bond donors (Lipinski definition) is 2. The van der Waals surface area contributed by atoms with Crippen molar-refractivity contribution in [1.82, 2.24) is 5.32 Å². The molecule has 0 radical (unpaired) electrons. The van der Waals surface area contributed by atoms with Crippen molar-refractivity contribution < 1.29 is 32.3 Å². The summed E-state index contributed by atoms with van der Waals surface area (Å²) in [5.74, 6) is -6.51. The molecule has 0 aromatic heterocycles. The van der Waals surface area contributed by atoms with Gasteiger partial charge in [-0.1, -0.05) is 0 Å². The number of rotatable bonds is 5. The summed E-state index contributed by atoms with van der Waals surface area (Å²) < 4.78 is 48.8. The van der Waals surface area contributed by atoms with Crippen molar-refractivity contribution in [2.75, 3.05) is 6.54 Å². The summed E-state index contributed by atoms with van der Waals surface area (Å²) in [6.07, 6.45) is -3.87. The lowest BCUT2D eigenvalue weighted by atomic mass is 10.1. The molecule has 0 aliphatic carbocycles. The number of carbonyl (C=O) groups is 2. The molecule has 0 heterocycles. The Bertz CT molecular complexity index is 473. The topological polar surface area (TPSA) is 66.4 Å². The summed E-state index contributed by atoms with van der Waals surface area (Å²) in [5, 5.41) is 10.3. The molecule has 19 heavy (non-hydrogen) atoms. The predicted molar refractivity (Wildman–Crippen MR) is 56.7 cm³/mol. The Morgan fingerprint density at radius 3 is 2.05 bits per heavy atom. The van der Waals surface area contributed by atoms with Crippen molar-refractivity contribution in [2.45, 2.75) is 12.3 Å². The van der Waals surface area contributed by atoms with Crippen molar-refractivity contribution in [2.24, 2.45) is 0 Å². The van der Waals surface area contributed by atoms with Crippen LogP contribution in [0.15, 0.2) is 24.3 Å². The highest BCUT2D eigenvalue weighted by Gasteiger charge is 2.40. The molecular formula is C11H9F4NO3. The van der Waals surface area contributed by atoms with Crippen LogP contribution in [-0.2, 0) is 0 Å². The van der Waals surface area contributed by atoms with Gasteiger partial charge in [0.05, 0.1) is 12.1 Å². The molecule has 1 rings (SSSR count). The van der Waals surface area contributed by atoms with Crippen molar-refractivity contribution in [1.29, 1.82) is 0 Å². The molecule has 0 saturated heterocycles. The van der Waals surface area contributed by atoms with E-state index in [2.05, 4.69) is 0 Å². The molecular weight excluding hydrogens is 270 g/mol. The van der Waals surface area contributed by atoms with E-state index in [1.54, 1.807) is 5.32 Å². The van der Waals surface area contributed by atoms with Gasteiger partial charge in [0.2, 0.25) is 0 Å². The van der Waals surface area contributed by atoms with E-state index in [9.17, 15) is 27.2 Å². The van der Waals surface area contributed by atoms with Crippen LogP contribution in [0.1, 0.15) is 20.7 Å². The van der Waals surface area contributed by atoms with Crippen molar-refractivity contribution >= 4 is 11.9 Å². The van der Waals surface area contributed by atoms with E-state index in [4.69, 9.17) is 5.11 Å². The van der Waals surface area contributed by atoms with Crippen molar-refractivity contribution in [3.05, 3.63) is 35.4 Å². The minimum Gasteiger partial charge on any atom is -0.478 e. The fraction of sp³-hybridized carbons (Fsp3) is 0.273. The van der Waals surface area contributed by atoms with Crippen LogP contribution in [0.4, 0.5) is 17.6 Å². The van der Waals surface area contributed by atoms with Crippen LogP contribution in [0.5, 0.6) is 0 Å². The predicted octanol–water partition coefficient (Wildman–Crippen LogP) is 2.01. The molecule has 0 aliphatic heterocycles. The van der Waals surface area contributed by atoms with Gasteiger partial charge in [-0.2, -0.15) is 8.78 Å². The Morgan fingerprint density at radius 1 is 1.16 bits per heavy atom. The third-order valence-electron chi connectivity index (χ3n) is 2.20. The molecule has 4 nitrogen and oxygen atoms in total. The number of carboxylic acid groups (broad SMARTS) is 1. The average Bonchev–Trinajstić information content (AvgIpc) is 2.36. The van der Waals surface area contributed by atoms with Gasteiger partial charge in [0.15, 0.2) is 0 Å². The van der Waals surface area contributed by atoms with Crippen LogP contribution in [0.3, 0.4) is 0 Å². The van der Waals surface area contributed by atoms with Gasteiger partial charge in [-0.3, -0.25) is 4.79 Å². The maximum absolute atomic E-state index is 12.5. The van der Waals surface area contributed by atoms with Gasteiger partial charge in [0.25, 0.3) is 5.91 Å². The molecule has 0 bridgehead atoms. The molecule has 0 aliphatic rings. The first-order chi connectivity index (χ1) is 8.74. The summed E-state index contributed by atoms with van der Waals surface area (Å²) in [7, 11) is 0. The first-order valence-corrected chi connectivity index (χ1v) is 5.01. The standard InChI is InChI=1S/C11H9F4NO3/c12-10(13)11(14,15)5-16-8(17)6-1-3-7(4-2-6)9(18)19/h1-4,10H,5H2,(H,16,17)(H,18,19). The number of carbonyl (C=O) groups excluding carboxylic acids is 1. The van der Waals surface area contributed by atoms with Gasteiger partial charge in [0.1, 0.15) is 0 Å². The van der Waals surface area contributed by atoms with E-state index in [-0.39, 0.29) is 11.1 Å². The molecule has 8 heteroatoms. The van der Waals surface area contributed by atoms with Gasteiger partial charge in [-0.05, 0) is 24.3 Å². The summed E-state index contributed by atoms with van der Waals surface area (Å²) >= 11 is 0. The van der Waals surface area contributed by atoms with Crippen LogP contribution in [0.2, 0.25) is 0 Å². The zero-order chi connectivity index (χ0) is 14.6. The Morgan fingerprint density at radius 2 is 1.63 bits per heavy atom. The lowest BCUT2D eigenvalue weighted by Gasteiger charge is -2.15. The second-order valence-electron chi connectivity index (χ2n) is 3.63. The second kappa shape index (κ2) is 5.68. The van der Waals surface area contributed by atoms with Gasteiger partial charge in [-0.25, -0.2) is 13.6 Å². The summed E-state index contributed by atoms with van der Waals surface area (Å²) in [5.41, 5.74) is -0.190. The summed E-state index contributed by atoms with van der Waals surface area (Å²) in [6, 6.07) is 4.39. The first-order valence-electron chi connectivity index (χ1n) is 5.01. The van der Waals surface area contributed by atoms with E-state index in [1.165, 1.54) is 0 Å². The molecule has 0 fully saturated rings. The Balaban J connectivity index is 2.66. The van der Waals surface area contributed by atoms with Crippen LogP contribution in [-0.4, -0.2) is 35.9 Å². The molecule has 1 amide bonds. The number of aromatic carboxylic acids is 1.